The van der Waals surface area contributed by atoms with Crippen LogP contribution < -0.4 is 10.6 Å². The quantitative estimate of drug-likeness (QED) is 0.0789. The Morgan fingerprint density at radius 3 is 1.18 bits per heavy atom. The van der Waals surface area contributed by atoms with E-state index in [0.29, 0.717) is 0 Å². The topological polar surface area (TPSA) is 42.5 Å². The van der Waals surface area contributed by atoms with Crippen LogP contribution in [0.15, 0.2) is 146 Å². The number of unbranched alkanes of at least 4 members (excludes halogenated alkanes) is 4. The predicted octanol–water partition coefficient (Wildman–Crippen LogP) is 10.8. The van der Waals surface area contributed by atoms with Crippen molar-refractivity contribution >= 4 is 21.5 Å². The van der Waals surface area contributed by atoms with Gasteiger partial charge in [-0.05, 0) is 70.7 Å². The van der Waals surface area contributed by atoms with Gasteiger partial charge in [0.25, 0.3) is 0 Å². The Bertz CT molecular complexity index is 1750. The molecule has 6 rings (SSSR count). The van der Waals surface area contributed by atoms with Crippen molar-refractivity contribution in [2.75, 3.05) is 40.4 Å². The third-order valence-electron chi connectivity index (χ3n) is 10.1. The van der Waals surface area contributed by atoms with E-state index >= 15 is 0 Å². The van der Waals surface area contributed by atoms with Gasteiger partial charge in [0.2, 0.25) is 0 Å². The van der Waals surface area contributed by atoms with E-state index in [1.54, 1.807) is 0 Å². The molecule has 0 fully saturated rings. The fourth-order valence-electron chi connectivity index (χ4n) is 7.45. The highest BCUT2D eigenvalue weighted by molar-refractivity contribution is 5.84. The van der Waals surface area contributed by atoms with Crippen LogP contribution in [0.25, 0.3) is 21.5 Å². The van der Waals surface area contributed by atoms with E-state index in [4.69, 9.17) is 9.47 Å². The molecule has 0 saturated carbocycles. The van der Waals surface area contributed by atoms with E-state index in [1.807, 2.05) is 14.1 Å². The Kier molecular flexibility index (Phi) is 13.8. The van der Waals surface area contributed by atoms with Crippen molar-refractivity contribution in [3.8, 4) is 0 Å². The third kappa shape index (κ3) is 9.93. The summed E-state index contributed by atoms with van der Waals surface area (Å²) in [5.41, 5.74) is 5.08. The molecule has 2 N–H and O–H groups in total. The summed E-state index contributed by atoms with van der Waals surface area (Å²) < 4.78 is 13.5. The van der Waals surface area contributed by atoms with Gasteiger partial charge < -0.3 is 20.1 Å². The minimum absolute atomic E-state index is 0.0173. The smallest absolute Gasteiger partial charge is 0.0905 e. The van der Waals surface area contributed by atoms with Crippen LogP contribution in [-0.4, -0.2) is 40.4 Å². The van der Waals surface area contributed by atoms with E-state index in [0.717, 1.165) is 52.0 Å². The summed E-state index contributed by atoms with van der Waals surface area (Å²) >= 11 is 0. The summed E-state index contributed by atoms with van der Waals surface area (Å²) in [4.78, 5) is 0. The Morgan fingerprint density at radius 1 is 0.392 bits per heavy atom. The van der Waals surface area contributed by atoms with Crippen LogP contribution in [0.1, 0.15) is 78.4 Å². The van der Waals surface area contributed by atoms with Crippen molar-refractivity contribution < 1.29 is 9.47 Å². The molecule has 4 atom stereocenters. The number of ether oxygens (including phenoxy) is 2. The van der Waals surface area contributed by atoms with Gasteiger partial charge >= 0.3 is 0 Å². The van der Waals surface area contributed by atoms with Gasteiger partial charge in [-0.25, -0.2) is 0 Å². The number of likely N-dealkylation sites (N-methyl/N-ethyl adjacent to an activating group) is 2. The highest BCUT2D eigenvalue weighted by Crippen LogP contribution is 2.37. The number of rotatable bonds is 20. The molecule has 51 heavy (non-hydrogen) atoms. The maximum absolute atomic E-state index is 6.77. The van der Waals surface area contributed by atoms with Gasteiger partial charge in [0, 0.05) is 38.1 Å². The summed E-state index contributed by atoms with van der Waals surface area (Å²) in [5, 5.41) is 12.0. The zero-order valence-electron chi connectivity index (χ0n) is 30.3. The molecule has 0 aromatic heterocycles. The van der Waals surface area contributed by atoms with E-state index in [1.165, 1.54) is 50.2 Å². The van der Waals surface area contributed by atoms with Crippen LogP contribution >= 0.6 is 0 Å². The van der Waals surface area contributed by atoms with Crippen LogP contribution in [0, 0.1) is 0 Å². The minimum atomic E-state index is -0.0173. The lowest BCUT2D eigenvalue weighted by molar-refractivity contribution is 0.0279. The summed E-state index contributed by atoms with van der Waals surface area (Å²) in [5.74, 6) is 0.413. The van der Waals surface area contributed by atoms with Gasteiger partial charge in [-0.1, -0.05) is 165 Å². The molecule has 6 aromatic rings. The van der Waals surface area contributed by atoms with E-state index in [9.17, 15) is 0 Å². The van der Waals surface area contributed by atoms with Gasteiger partial charge in [0.1, 0.15) is 0 Å². The molecule has 6 aromatic carbocycles. The molecule has 0 radical (unpaired) electrons. The van der Waals surface area contributed by atoms with Crippen molar-refractivity contribution in [1.82, 2.24) is 10.6 Å². The average Bonchev–Trinajstić information content (AvgIpc) is 3.19. The second-order valence-corrected chi connectivity index (χ2v) is 13.7. The van der Waals surface area contributed by atoms with Gasteiger partial charge in [0.15, 0.2) is 0 Å². The molecule has 0 aliphatic heterocycles. The number of hydrogen-bond donors (Lipinski definition) is 2. The second-order valence-electron chi connectivity index (χ2n) is 13.7. The minimum Gasteiger partial charge on any atom is -0.373 e. The first-order valence-electron chi connectivity index (χ1n) is 18.8. The summed E-state index contributed by atoms with van der Waals surface area (Å²) in [7, 11) is 4.07. The average molecular weight is 679 g/mol. The van der Waals surface area contributed by atoms with Crippen molar-refractivity contribution in [1.29, 1.82) is 0 Å². The Morgan fingerprint density at radius 2 is 0.765 bits per heavy atom. The van der Waals surface area contributed by atoms with Crippen LogP contribution in [-0.2, 0) is 9.47 Å². The van der Waals surface area contributed by atoms with E-state index < -0.39 is 0 Å². The third-order valence-corrected chi connectivity index (χ3v) is 10.1. The zero-order valence-corrected chi connectivity index (χ0v) is 30.3. The Labute approximate surface area is 305 Å². The largest absolute Gasteiger partial charge is 0.373 e. The molecule has 0 bridgehead atoms. The maximum Gasteiger partial charge on any atom is 0.0905 e. The highest BCUT2D eigenvalue weighted by Gasteiger charge is 2.27. The SMILES string of the molecule is CNCC(c1ccc2ccccc2c1)C(OCCCCCCCOC(c1ccccc1)C(CNC)c1ccc2ccccc2c1)c1ccccc1. The van der Waals surface area contributed by atoms with Crippen molar-refractivity contribution in [3.63, 3.8) is 0 Å². The normalized spacial score (nSPS) is 14.0. The van der Waals surface area contributed by atoms with Crippen molar-refractivity contribution in [2.45, 2.75) is 56.1 Å². The molecule has 0 amide bonds. The predicted molar refractivity (Wildman–Crippen MR) is 215 cm³/mol. The van der Waals surface area contributed by atoms with Gasteiger partial charge in [0.05, 0.1) is 12.2 Å². The lowest BCUT2D eigenvalue weighted by Gasteiger charge is -2.29. The number of fused-ring (bicyclic) bond motifs is 2. The molecule has 4 heteroatoms. The fraction of sp³-hybridized carbons (Fsp3) is 0.319. The van der Waals surface area contributed by atoms with Crippen molar-refractivity contribution in [2.24, 2.45) is 0 Å². The Balaban J connectivity index is 1.02. The molecular formula is C47H54N2O2. The summed E-state index contributed by atoms with van der Waals surface area (Å²) in [6.07, 6.45) is 5.53. The standard InChI is InChI=1S/C47H54N2O2/c1-48-34-44(42-28-26-36-18-12-14-24-40(36)32-42)46(38-20-8-6-9-21-38)50-30-16-4-3-5-17-31-51-47(39-22-10-7-11-23-39)45(35-49-2)43-29-27-37-19-13-15-25-41(37)33-43/h6-15,18-29,32-33,44-49H,3-5,16-17,30-31,34-35H2,1-2H3. The second kappa shape index (κ2) is 19.3. The van der Waals surface area contributed by atoms with E-state index in [-0.39, 0.29) is 24.0 Å². The molecular weight excluding hydrogens is 625 g/mol. The highest BCUT2D eigenvalue weighted by atomic mass is 16.5. The first-order chi connectivity index (χ1) is 25.2. The van der Waals surface area contributed by atoms with E-state index in [2.05, 4.69) is 156 Å². The molecule has 0 aliphatic carbocycles. The molecule has 264 valence electrons. The maximum atomic E-state index is 6.77. The summed E-state index contributed by atoms with van der Waals surface area (Å²) in [6.45, 7) is 3.19. The first-order valence-corrected chi connectivity index (χ1v) is 18.8. The van der Waals surface area contributed by atoms with Crippen molar-refractivity contribution in [3.05, 3.63) is 168 Å². The number of hydrogen-bond acceptors (Lipinski definition) is 4. The van der Waals surface area contributed by atoms with Crippen LogP contribution in [0.5, 0.6) is 0 Å². The Hall–Kier alpha value is -4.32. The van der Waals surface area contributed by atoms with Crippen LogP contribution in [0.2, 0.25) is 0 Å². The molecule has 4 nitrogen and oxygen atoms in total. The lowest BCUT2D eigenvalue weighted by atomic mass is 9.87. The monoisotopic (exact) mass is 678 g/mol. The zero-order chi connectivity index (χ0) is 35.1. The van der Waals surface area contributed by atoms with Gasteiger partial charge in [-0.15, -0.1) is 0 Å². The number of nitrogens with one attached hydrogen (secondary N) is 2. The van der Waals surface area contributed by atoms with Crippen LogP contribution in [0.4, 0.5) is 0 Å². The number of benzene rings is 6. The first kappa shape index (κ1) is 36.5. The van der Waals surface area contributed by atoms with Gasteiger partial charge in [-0.2, -0.15) is 0 Å². The molecule has 0 aliphatic rings. The molecule has 0 saturated heterocycles. The molecule has 0 spiro atoms. The summed E-state index contributed by atoms with van der Waals surface area (Å²) in [6, 6.07) is 52.4. The fourth-order valence-corrected chi connectivity index (χ4v) is 7.45. The molecule has 0 heterocycles. The lowest BCUT2D eigenvalue weighted by Crippen LogP contribution is -2.25. The van der Waals surface area contributed by atoms with Gasteiger partial charge in [-0.3, -0.25) is 0 Å². The van der Waals surface area contributed by atoms with Crippen LogP contribution in [0.3, 0.4) is 0 Å². The molecule has 4 unspecified atom stereocenters.